The van der Waals surface area contributed by atoms with Crippen LogP contribution in [0, 0.1) is 0 Å². The molecule has 1 N–H and O–H groups in total. The van der Waals surface area contributed by atoms with E-state index < -0.39 is 0 Å². The van der Waals surface area contributed by atoms with Gasteiger partial charge in [0.1, 0.15) is 5.75 Å². The average molecular weight is 522 g/mol. The Morgan fingerprint density at radius 1 is 1.23 bits per heavy atom. The lowest BCUT2D eigenvalue weighted by Crippen LogP contribution is -2.14. The molecule has 0 atom stereocenters. The zero-order valence-corrected chi connectivity index (χ0v) is 20.1. The maximum absolute atomic E-state index is 12.3. The topological polar surface area (TPSA) is 69.0 Å². The average Bonchev–Trinajstić information content (AvgIpc) is 3.39. The van der Waals surface area contributed by atoms with Crippen LogP contribution in [-0.4, -0.2) is 32.5 Å². The number of carbonyl (C=O) groups is 1. The van der Waals surface area contributed by atoms with Gasteiger partial charge in [-0.25, -0.2) is 0 Å². The number of hydrogen-bond donors (Lipinski definition) is 1. The zero-order valence-electron chi connectivity index (χ0n) is 17.0. The van der Waals surface area contributed by atoms with Crippen molar-refractivity contribution in [3.8, 4) is 17.1 Å². The van der Waals surface area contributed by atoms with Crippen LogP contribution < -0.4 is 10.1 Å². The maximum Gasteiger partial charge on any atom is 0.234 e. The van der Waals surface area contributed by atoms with Crippen molar-refractivity contribution in [3.63, 3.8) is 0 Å². The standard InChI is InChI=1S/C22H22BrClN4O2S/c1-28-21(14-6-9-17(10-7-14)30-16-4-2-3-5-16)26-27-22(28)31-13-20(29)25-19-11-8-15(23)12-18(19)24/h6-12,16H,2-5,13H2,1H3,(H,25,29). The molecule has 3 aromatic rings. The predicted octanol–water partition coefficient (Wildman–Crippen LogP) is 5.95. The van der Waals surface area contributed by atoms with Crippen LogP contribution in [0.5, 0.6) is 5.75 Å². The van der Waals surface area contributed by atoms with E-state index in [2.05, 4.69) is 31.4 Å². The first kappa shape index (κ1) is 22.2. The van der Waals surface area contributed by atoms with Gasteiger partial charge in [0.05, 0.1) is 22.6 Å². The van der Waals surface area contributed by atoms with Crippen LogP contribution in [0.15, 0.2) is 52.1 Å². The van der Waals surface area contributed by atoms with E-state index in [1.165, 1.54) is 24.6 Å². The van der Waals surface area contributed by atoms with Crippen LogP contribution in [0.1, 0.15) is 25.7 Å². The van der Waals surface area contributed by atoms with Gasteiger partial charge in [-0.1, -0.05) is 39.3 Å². The van der Waals surface area contributed by atoms with Crippen molar-refractivity contribution < 1.29 is 9.53 Å². The summed E-state index contributed by atoms with van der Waals surface area (Å²) in [5.74, 6) is 1.67. The van der Waals surface area contributed by atoms with Crippen LogP contribution in [0.3, 0.4) is 0 Å². The number of benzene rings is 2. The second kappa shape index (κ2) is 10.1. The molecule has 0 aliphatic heterocycles. The van der Waals surface area contributed by atoms with Gasteiger partial charge in [0.15, 0.2) is 11.0 Å². The van der Waals surface area contributed by atoms with Crippen molar-refractivity contribution in [2.45, 2.75) is 36.9 Å². The van der Waals surface area contributed by atoms with E-state index in [1.54, 1.807) is 12.1 Å². The van der Waals surface area contributed by atoms with E-state index in [9.17, 15) is 4.79 Å². The van der Waals surface area contributed by atoms with Gasteiger partial charge in [-0.3, -0.25) is 4.79 Å². The molecule has 1 amide bonds. The van der Waals surface area contributed by atoms with E-state index in [4.69, 9.17) is 16.3 Å². The van der Waals surface area contributed by atoms with Crippen molar-refractivity contribution in [3.05, 3.63) is 52.0 Å². The number of rotatable bonds is 7. The van der Waals surface area contributed by atoms with Crippen LogP contribution in [0.25, 0.3) is 11.4 Å². The number of nitrogens with zero attached hydrogens (tertiary/aromatic N) is 3. The minimum atomic E-state index is -0.160. The molecule has 1 fully saturated rings. The quantitative estimate of drug-likeness (QED) is 0.389. The molecule has 0 saturated heterocycles. The Bertz CT molecular complexity index is 1070. The molecule has 9 heteroatoms. The van der Waals surface area contributed by atoms with E-state index in [0.717, 1.165) is 34.5 Å². The highest BCUT2D eigenvalue weighted by Gasteiger charge is 2.17. The van der Waals surface area contributed by atoms with Gasteiger partial charge in [-0.2, -0.15) is 0 Å². The molecule has 162 valence electrons. The Morgan fingerprint density at radius 3 is 2.68 bits per heavy atom. The fraction of sp³-hybridized carbons (Fsp3) is 0.318. The Balaban J connectivity index is 1.36. The van der Waals surface area contributed by atoms with E-state index in [0.29, 0.717) is 22.0 Å². The predicted molar refractivity (Wildman–Crippen MR) is 128 cm³/mol. The first-order valence-electron chi connectivity index (χ1n) is 10.0. The van der Waals surface area contributed by atoms with Crippen molar-refractivity contribution in [1.29, 1.82) is 0 Å². The third-order valence-corrected chi connectivity index (χ3v) is 6.92. The highest BCUT2D eigenvalue weighted by Crippen LogP contribution is 2.28. The molecule has 1 aliphatic rings. The SMILES string of the molecule is Cn1c(SCC(=O)Nc2ccc(Br)cc2Cl)nnc1-c1ccc(OC2CCCC2)cc1. The lowest BCUT2D eigenvalue weighted by atomic mass is 10.2. The van der Waals surface area contributed by atoms with Gasteiger partial charge >= 0.3 is 0 Å². The first-order valence-corrected chi connectivity index (χ1v) is 12.2. The minimum absolute atomic E-state index is 0.160. The molecule has 6 nitrogen and oxygen atoms in total. The van der Waals surface area contributed by atoms with Crippen LogP contribution in [-0.2, 0) is 11.8 Å². The number of hydrogen-bond acceptors (Lipinski definition) is 5. The van der Waals surface area contributed by atoms with Gasteiger partial charge < -0.3 is 14.6 Å². The molecular formula is C22H22BrClN4O2S. The molecular weight excluding hydrogens is 500 g/mol. The Kier molecular flexibility index (Phi) is 7.20. The van der Waals surface area contributed by atoms with Crippen molar-refractivity contribution in [2.24, 2.45) is 7.05 Å². The third-order valence-electron chi connectivity index (χ3n) is 5.09. The summed E-state index contributed by atoms with van der Waals surface area (Å²) >= 11 is 10.8. The van der Waals surface area contributed by atoms with Crippen molar-refractivity contribution in [1.82, 2.24) is 14.8 Å². The number of carbonyl (C=O) groups excluding carboxylic acids is 1. The zero-order chi connectivity index (χ0) is 21.8. The van der Waals surface area contributed by atoms with Gasteiger partial charge in [-0.05, 0) is 68.1 Å². The fourth-order valence-electron chi connectivity index (χ4n) is 3.48. The number of aromatic nitrogens is 3. The highest BCUT2D eigenvalue weighted by atomic mass is 79.9. The van der Waals surface area contributed by atoms with E-state index in [-0.39, 0.29) is 11.7 Å². The first-order chi connectivity index (χ1) is 15.0. The van der Waals surface area contributed by atoms with Gasteiger partial charge in [0, 0.05) is 17.1 Å². The Morgan fingerprint density at radius 2 is 1.97 bits per heavy atom. The molecule has 0 bridgehead atoms. The second-order valence-corrected chi connectivity index (χ2v) is 9.64. The van der Waals surface area contributed by atoms with Gasteiger partial charge in [0.25, 0.3) is 0 Å². The summed E-state index contributed by atoms with van der Waals surface area (Å²) < 4.78 is 8.77. The number of ether oxygens (including phenoxy) is 1. The number of halogens is 2. The molecule has 2 aromatic carbocycles. The molecule has 4 rings (SSSR count). The molecule has 1 heterocycles. The number of anilines is 1. The van der Waals surface area contributed by atoms with E-state index in [1.807, 2.05) is 41.9 Å². The summed E-state index contributed by atoms with van der Waals surface area (Å²) in [5, 5.41) is 12.5. The summed E-state index contributed by atoms with van der Waals surface area (Å²) in [5.41, 5.74) is 1.53. The van der Waals surface area contributed by atoms with Crippen LogP contribution >= 0.6 is 39.3 Å². The van der Waals surface area contributed by atoms with Gasteiger partial charge in [0.2, 0.25) is 5.91 Å². The molecule has 0 unspecified atom stereocenters. The third kappa shape index (κ3) is 5.61. The molecule has 0 spiro atoms. The molecule has 0 radical (unpaired) electrons. The molecule has 1 saturated carbocycles. The number of amides is 1. The molecule has 1 aliphatic carbocycles. The maximum atomic E-state index is 12.3. The summed E-state index contributed by atoms with van der Waals surface area (Å²) in [6, 6.07) is 13.3. The second-order valence-electron chi connectivity index (χ2n) is 7.37. The summed E-state index contributed by atoms with van der Waals surface area (Å²) in [6.07, 6.45) is 5.09. The molecule has 31 heavy (non-hydrogen) atoms. The lowest BCUT2D eigenvalue weighted by Gasteiger charge is -2.13. The Labute approximate surface area is 198 Å². The largest absolute Gasteiger partial charge is 0.490 e. The lowest BCUT2D eigenvalue weighted by molar-refractivity contribution is -0.113. The monoisotopic (exact) mass is 520 g/mol. The summed E-state index contributed by atoms with van der Waals surface area (Å²) in [4.78, 5) is 12.3. The Hall–Kier alpha value is -2.03. The minimum Gasteiger partial charge on any atom is -0.490 e. The molecule has 1 aromatic heterocycles. The fourth-order valence-corrected chi connectivity index (χ4v) is 4.91. The number of nitrogens with one attached hydrogen (secondary N) is 1. The van der Waals surface area contributed by atoms with Crippen molar-refractivity contribution in [2.75, 3.05) is 11.1 Å². The van der Waals surface area contributed by atoms with Crippen molar-refractivity contribution >= 4 is 50.9 Å². The summed E-state index contributed by atoms with van der Waals surface area (Å²) in [7, 11) is 1.89. The van der Waals surface area contributed by atoms with Crippen LogP contribution in [0.2, 0.25) is 5.02 Å². The van der Waals surface area contributed by atoms with Crippen LogP contribution in [0.4, 0.5) is 5.69 Å². The van der Waals surface area contributed by atoms with Gasteiger partial charge in [-0.15, -0.1) is 10.2 Å². The summed E-state index contributed by atoms with van der Waals surface area (Å²) in [6.45, 7) is 0. The van der Waals surface area contributed by atoms with E-state index >= 15 is 0 Å². The normalized spacial score (nSPS) is 14.0. The highest BCUT2D eigenvalue weighted by molar-refractivity contribution is 9.10. The number of thioether (sulfide) groups is 1. The smallest absolute Gasteiger partial charge is 0.234 e.